The lowest BCUT2D eigenvalue weighted by Crippen LogP contribution is -2.26. The molecule has 0 saturated heterocycles. The van der Waals surface area contributed by atoms with E-state index in [0.717, 1.165) is 18.8 Å². The summed E-state index contributed by atoms with van der Waals surface area (Å²) in [5, 5.41) is 8.65. The van der Waals surface area contributed by atoms with Crippen LogP contribution in [0.15, 0.2) is 0 Å². The van der Waals surface area contributed by atoms with E-state index in [-0.39, 0.29) is 13.5 Å². The van der Waals surface area contributed by atoms with Crippen LogP contribution in [-0.4, -0.2) is 18.3 Å². The minimum atomic E-state index is -0.0963. The Morgan fingerprint density at radius 2 is 1.35 bits per heavy atom. The molecule has 0 aromatic carbocycles. The van der Waals surface area contributed by atoms with Crippen LogP contribution in [0.3, 0.4) is 0 Å². The highest BCUT2D eigenvalue weighted by Gasteiger charge is 2.24. The van der Waals surface area contributed by atoms with Crippen molar-refractivity contribution in [1.82, 2.24) is 4.84 Å². The maximum atomic E-state index is 8.65. The molecule has 0 aromatic rings. The number of aliphatic hydroxyl groups is 1. The van der Waals surface area contributed by atoms with Crippen molar-refractivity contribution in [3.05, 3.63) is 0 Å². The van der Waals surface area contributed by atoms with Crippen LogP contribution in [0.1, 0.15) is 53.9 Å². The standard InChI is InChI=1S/C7H10.C6H8O.C2H6.CH4ClN.CH4/c1-3-7-4-6(2)5-7;1-2-5-3-6(7)4-5;1-2;1-3-2;/h1,6-7H,4-5H2,2H3;1,5-7H,3-4H2;1-2H3;3H,1H3;1H4. The molecule has 2 N–H and O–H groups in total. The van der Waals surface area contributed by atoms with Gasteiger partial charge in [0.15, 0.2) is 0 Å². The Labute approximate surface area is 131 Å². The Kier molecular flexibility index (Phi) is 20.0. The first-order chi connectivity index (χ1) is 9.07. The van der Waals surface area contributed by atoms with Gasteiger partial charge in [0.25, 0.3) is 0 Å². The number of aliphatic hydroxyl groups excluding tert-OH is 1. The van der Waals surface area contributed by atoms with E-state index in [1.54, 1.807) is 7.05 Å². The highest BCUT2D eigenvalue weighted by Crippen LogP contribution is 2.31. The molecule has 2 nitrogen and oxygen atoms in total. The molecule has 0 aliphatic heterocycles. The average Bonchev–Trinajstić information content (AvgIpc) is 2.35. The van der Waals surface area contributed by atoms with Crippen molar-refractivity contribution < 1.29 is 5.11 Å². The van der Waals surface area contributed by atoms with Crippen molar-refractivity contribution in [2.24, 2.45) is 17.8 Å². The van der Waals surface area contributed by atoms with Crippen molar-refractivity contribution in [2.45, 2.75) is 60.0 Å². The van der Waals surface area contributed by atoms with Crippen molar-refractivity contribution in [3.8, 4) is 24.7 Å². The van der Waals surface area contributed by atoms with Gasteiger partial charge in [-0.1, -0.05) is 28.2 Å². The molecule has 3 heteroatoms. The minimum absolute atomic E-state index is 0. The molecule has 2 aliphatic carbocycles. The van der Waals surface area contributed by atoms with E-state index in [1.807, 2.05) is 13.8 Å². The average molecular weight is 302 g/mol. The Morgan fingerprint density at radius 1 is 1.05 bits per heavy atom. The van der Waals surface area contributed by atoms with Crippen molar-refractivity contribution in [2.75, 3.05) is 7.05 Å². The van der Waals surface area contributed by atoms with Crippen LogP contribution in [0, 0.1) is 42.4 Å². The fraction of sp³-hybridized carbons (Fsp3) is 0.765. The third-order valence-electron chi connectivity index (χ3n) is 2.96. The minimum Gasteiger partial charge on any atom is -0.393 e. The van der Waals surface area contributed by atoms with Crippen LogP contribution in [0.25, 0.3) is 0 Å². The van der Waals surface area contributed by atoms with Gasteiger partial charge in [0.2, 0.25) is 0 Å². The largest absolute Gasteiger partial charge is 0.393 e. The number of nitrogens with one attached hydrogen (secondary N) is 1. The predicted octanol–water partition coefficient (Wildman–Crippen LogP) is 4.08. The molecule has 0 atom stereocenters. The lowest BCUT2D eigenvalue weighted by Gasteiger charge is -2.27. The van der Waals surface area contributed by atoms with Crippen molar-refractivity contribution in [1.29, 1.82) is 0 Å². The van der Waals surface area contributed by atoms with Crippen LogP contribution < -0.4 is 4.84 Å². The van der Waals surface area contributed by atoms with E-state index < -0.39 is 0 Å². The normalized spacial score (nSPS) is 28.4. The molecule has 118 valence electrons. The molecule has 0 aromatic heterocycles. The van der Waals surface area contributed by atoms with Gasteiger partial charge in [-0.3, -0.25) is 0 Å². The van der Waals surface area contributed by atoms with E-state index in [1.165, 1.54) is 12.8 Å². The summed E-state index contributed by atoms with van der Waals surface area (Å²) in [5.41, 5.74) is 0. The maximum Gasteiger partial charge on any atom is 0.0563 e. The molecule has 2 fully saturated rings. The third-order valence-corrected chi connectivity index (χ3v) is 2.96. The molecule has 2 aliphatic rings. The van der Waals surface area contributed by atoms with Gasteiger partial charge in [0, 0.05) is 11.8 Å². The molecule has 0 unspecified atom stereocenters. The molecular formula is C17H32ClNO. The lowest BCUT2D eigenvalue weighted by molar-refractivity contribution is 0.0666. The summed E-state index contributed by atoms with van der Waals surface area (Å²) >= 11 is 4.75. The first kappa shape index (κ1) is 24.4. The van der Waals surface area contributed by atoms with Crippen molar-refractivity contribution in [3.63, 3.8) is 0 Å². The Balaban J connectivity index is -0.000000213. The van der Waals surface area contributed by atoms with Gasteiger partial charge in [-0.15, -0.1) is 24.7 Å². The number of terminal acetylenes is 2. The van der Waals surface area contributed by atoms with Crippen LogP contribution in [0.5, 0.6) is 0 Å². The van der Waals surface area contributed by atoms with Crippen LogP contribution in [0.2, 0.25) is 0 Å². The lowest BCUT2D eigenvalue weighted by atomic mass is 9.77. The van der Waals surface area contributed by atoms with Gasteiger partial charge >= 0.3 is 0 Å². The number of hydrogen-bond acceptors (Lipinski definition) is 2. The predicted molar refractivity (Wildman–Crippen MR) is 91.3 cm³/mol. The zero-order chi connectivity index (χ0) is 15.3. The highest BCUT2D eigenvalue weighted by molar-refractivity contribution is 6.13. The second-order valence-electron chi connectivity index (χ2n) is 4.62. The fourth-order valence-electron chi connectivity index (χ4n) is 1.76. The monoisotopic (exact) mass is 301 g/mol. The molecule has 0 bridgehead atoms. The quantitative estimate of drug-likeness (QED) is 0.522. The second-order valence-corrected chi connectivity index (χ2v) is 5.00. The Bertz CT molecular complexity index is 240. The van der Waals surface area contributed by atoms with E-state index in [4.69, 9.17) is 29.7 Å². The summed E-state index contributed by atoms with van der Waals surface area (Å²) in [5.74, 6) is 7.20. The summed E-state index contributed by atoms with van der Waals surface area (Å²) < 4.78 is 0. The third kappa shape index (κ3) is 12.4. The molecule has 0 amide bonds. The number of rotatable bonds is 0. The van der Waals surface area contributed by atoms with Gasteiger partial charge in [-0.2, -0.15) is 0 Å². The zero-order valence-electron chi connectivity index (χ0n) is 12.6. The van der Waals surface area contributed by atoms with Crippen LogP contribution in [0.4, 0.5) is 0 Å². The zero-order valence-corrected chi connectivity index (χ0v) is 13.4. The Hall–Kier alpha value is -0.670. The maximum absolute atomic E-state index is 8.65. The molecule has 2 saturated carbocycles. The van der Waals surface area contributed by atoms with Crippen molar-refractivity contribution >= 4 is 11.8 Å². The molecule has 2 rings (SSSR count). The van der Waals surface area contributed by atoms with Gasteiger partial charge in [-0.25, -0.2) is 4.84 Å². The Morgan fingerprint density at radius 3 is 1.45 bits per heavy atom. The van der Waals surface area contributed by atoms with E-state index in [9.17, 15) is 0 Å². The van der Waals surface area contributed by atoms with E-state index in [0.29, 0.717) is 11.8 Å². The molecule has 0 heterocycles. The summed E-state index contributed by atoms with van der Waals surface area (Å²) in [6, 6.07) is 0. The fourth-order valence-corrected chi connectivity index (χ4v) is 1.76. The summed E-state index contributed by atoms with van der Waals surface area (Å²) in [6.07, 6.45) is 14.2. The second kappa shape index (κ2) is 16.4. The number of halogens is 1. The summed E-state index contributed by atoms with van der Waals surface area (Å²) in [6.45, 7) is 6.24. The SMILES string of the molecule is C.C#CC1CC(C)C1.C#CC1CC(O)C1.CC.CNCl. The van der Waals surface area contributed by atoms with Crippen LogP contribution in [-0.2, 0) is 0 Å². The van der Waals surface area contributed by atoms with E-state index >= 15 is 0 Å². The molecular weight excluding hydrogens is 270 g/mol. The number of hydrogen-bond donors (Lipinski definition) is 2. The smallest absolute Gasteiger partial charge is 0.0563 e. The van der Waals surface area contributed by atoms with Gasteiger partial charge in [0.1, 0.15) is 0 Å². The summed E-state index contributed by atoms with van der Waals surface area (Å²) in [4.78, 5) is 2.22. The van der Waals surface area contributed by atoms with E-state index in [2.05, 4.69) is 23.6 Å². The molecule has 0 radical (unpaired) electrons. The first-order valence-corrected chi connectivity index (χ1v) is 7.32. The topological polar surface area (TPSA) is 32.3 Å². The molecule has 0 spiro atoms. The van der Waals surface area contributed by atoms with Gasteiger partial charge < -0.3 is 5.11 Å². The van der Waals surface area contributed by atoms with Gasteiger partial charge in [0.05, 0.1) is 6.10 Å². The summed E-state index contributed by atoms with van der Waals surface area (Å²) in [7, 11) is 1.64. The van der Waals surface area contributed by atoms with Gasteiger partial charge in [-0.05, 0) is 50.4 Å². The molecule has 20 heavy (non-hydrogen) atoms. The highest BCUT2D eigenvalue weighted by atomic mass is 35.5. The first-order valence-electron chi connectivity index (χ1n) is 6.95. The van der Waals surface area contributed by atoms with Crippen LogP contribution >= 0.6 is 11.8 Å².